The van der Waals surface area contributed by atoms with Crippen LogP contribution in [0.15, 0.2) is 24.5 Å². The molecule has 0 amide bonds. The van der Waals surface area contributed by atoms with E-state index >= 15 is 0 Å². The summed E-state index contributed by atoms with van der Waals surface area (Å²) in [5.74, 6) is 0. The first-order chi connectivity index (χ1) is 9.22. The van der Waals surface area contributed by atoms with Gasteiger partial charge in [-0.1, -0.05) is 6.92 Å². The van der Waals surface area contributed by atoms with Gasteiger partial charge in [0, 0.05) is 28.5 Å². The number of nitrogens with zero attached hydrogens (tertiary/aromatic N) is 2. The molecule has 0 saturated carbocycles. The fourth-order valence-corrected chi connectivity index (χ4v) is 3.11. The summed E-state index contributed by atoms with van der Waals surface area (Å²) in [6, 6.07) is 4.86. The topological polar surface area (TPSA) is 29.9 Å². The first-order valence-electron chi connectivity index (χ1n) is 7.04. The molecule has 0 spiro atoms. The van der Waals surface area contributed by atoms with E-state index in [4.69, 9.17) is 0 Å². The summed E-state index contributed by atoms with van der Waals surface area (Å²) in [4.78, 5) is 2.80. The Balaban J connectivity index is 2.09. The molecule has 1 atom stereocenters. The molecule has 0 aliphatic carbocycles. The van der Waals surface area contributed by atoms with Crippen molar-refractivity contribution in [1.29, 1.82) is 0 Å². The molecule has 0 aliphatic rings. The molecule has 0 bridgehead atoms. The summed E-state index contributed by atoms with van der Waals surface area (Å²) < 4.78 is 1.99. The van der Waals surface area contributed by atoms with Gasteiger partial charge >= 0.3 is 0 Å². The van der Waals surface area contributed by atoms with E-state index in [1.807, 2.05) is 22.2 Å². The fourth-order valence-electron chi connectivity index (χ4n) is 2.15. The molecule has 0 aromatic carbocycles. The number of hydrogen-bond donors (Lipinski definition) is 1. The smallest absolute Gasteiger partial charge is 0.0522 e. The number of thiophene rings is 1. The Bertz CT molecular complexity index is 501. The second-order valence-electron chi connectivity index (χ2n) is 4.86. The number of rotatable bonds is 7. The quantitative estimate of drug-likeness (QED) is 0.838. The van der Waals surface area contributed by atoms with Crippen molar-refractivity contribution in [3.63, 3.8) is 0 Å². The molecule has 2 rings (SSSR count). The molecule has 1 unspecified atom stereocenters. The van der Waals surface area contributed by atoms with Gasteiger partial charge in [0.25, 0.3) is 0 Å². The Morgan fingerprint density at radius 1 is 1.37 bits per heavy atom. The molecule has 19 heavy (non-hydrogen) atoms. The van der Waals surface area contributed by atoms with Crippen LogP contribution in [-0.4, -0.2) is 16.3 Å². The first kappa shape index (κ1) is 14.3. The average molecular weight is 277 g/mol. The molecule has 4 heteroatoms. The normalized spacial score (nSPS) is 12.8. The van der Waals surface area contributed by atoms with Gasteiger partial charge in [-0.25, -0.2) is 0 Å². The Hall–Kier alpha value is -1.13. The van der Waals surface area contributed by atoms with Gasteiger partial charge in [0.1, 0.15) is 0 Å². The van der Waals surface area contributed by atoms with Gasteiger partial charge in [0.15, 0.2) is 0 Å². The zero-order chi connectivity index (χ0) is 13.7. The fraction of sp³-hybridized carbons (Fsp3) is 0.533. The lowest BCUT2D eigenvalue weighted by Crippen LogP contribution is -2.23. The maximum Gasteiger partial charge on any atom is 0.0522 e. The summed E-state index contributed by atoms with van der Waals surface area (Å²) in [7, 11) is 0. The van der Waals surface area contributed by atoms with Gasteiger partial charge in [-0.2, -0.15) is 5.10 Å². The molecule has 1 N–H and O–H groups in total. The van der Waals surface area contributed by atoms with E-state index < -0.39 is 0 Å². The standard InChI is InChI=1S/C15H23N3S/c1-4-8-16-14(15-7-6-12(3)19-15)9-13-10-17-18(5-2)11-13/h6-7,10-11,14,16H,4-5,8-9H2,1-3H3. The molecular weight excluding hydrogens is 254 g/mol. The molecule has 0 saturated heterocycles. The second-order valence-corrected chi connectivity index (χ2v) is 6.18. The number of hydrogen-bond acceptors (Lipinski definition) is 3. The van der Waals surface area contributed by atoms with Crippen LogP contribution in [0.5, 0.6) is 0 Å². The van der Waals surface area contributed by atoms with Crippen molar-refractivity contribution in [2.24, 2.45) is 0 Å². The molecule has 3 nitrogen and oxygen atoms in total. The van der Waals surface area contributed by atoms with Gasteiger partial charge in [-0.05, 0) is 50.9 Å². The molecule has 2 heterocycles. The number of aryl methyl sites for hydroxylation is 2. The Morgan fingerprint density at radius 2 is 2.21 bits per heavy atom. The zero-order valence-corrected chi connectivity index (χ0v) is 12.8. The van der Waals surface area contributed by atoms with Gasteiger partial charge in [0.2, 0.25) is 0 Å². The number of aromatic nitrogens is 2. The van der Waals surface area contributed by atoms with Crippen molar-refractivity contribution < 1.29 is 0 Å². The van der Waals surface area contributed by atoms with Crippen LogP contribution in [0.2, 0.25) is 0 Å². The minimum Gasteiger partial charge on any atom is -0.309 e. The highest BCUT2D eigenvalue weighted by molar-refractivity contribution is 7.12. The minimum absolute atomic E-state index is 0.410. The molecule has 0 radical (unpaired) electrons. The summed E-state index contributed by atoms with van der Waals surface area (Å²) in [6.45, 7) is 8.49. The highest BCUT2D eigenvalue weighted by Crippen LogP contribution is 2.25. The van der Waals surface area contributed by atoms with Crippen LogP contribution in [0.4, 0.5) is 0 Å². The highest BCUT2D eigenvalue weighted by atomic mass is 32.1. The summed E-state index contributed by atoms with van der Waals surface area (Å²) in [6.07, 6.45) is 6.32. The predicted molar refractivity (Wildman–Crippen MR) is 81.7 cm³/mol. The lowest BCUT2D eigenvalue weighted by atomic mass is 10.1. The van der Waals surface area contributed by atoms with Crippen molar-refractivity contribution in [3.05, 3.63) is 39.8 Å². The van der Waals surface area contributed by atoms with Crippen molar-refractivity contribution in [3.8, 4) is 0 Å². The van der Waals surface area contributed by atoms with Gasteiger partial charge in [-0.3, -0.25) is 4.68 Å². The SMILES string of the molecule is CCCNC(Cc1cnn(CC)c1)c1ccc(C)s1. The van der Waals surface area contributed by atoms with Crippen LogP contribution in [0, 0.1) is 6.92 Å². The van der Waals surface area contributed by atoms with Crippen molar-refractivity contribution in [1.82, 2.24) is 15.1 Å². The van der Waals surface area contributed by atoms with Crippen LogP contribution < -0.4 is 5.32 Å². The van der Waals surface area contributed by atoms with E-state index in [1.165, 1.54) is 15.3 Å². The largest absolute Gasteiger partial charge is 0.309 e. The van der Waals surface area contributed by atoms with E-state index in [-0.39, 0.29) is 0 Å². The predicted octanol–water partition coefficient (Wildman–Crippen LogP) is 3.56. The van der Waals surface area contributed by atoms with Crippen LogP contribution in [-0.2, 0) is 13.0 Å². The molecular formula is C15H23N3S. The molecule has 104 valence electrons. The zero-order valence-electron chi connectivity index (χ0n) is 12.0. The summed E-state index contributed by atoms with van der Waals surface area (Å²) in [5, 5.41) is 8.01. The molecule has 0 fully saturated rings. The third-order valence-corrected chi connectivity index (χ3v) is 4.31. The van der Waals surface area contributed by atoms with E-state index in [2.05, 4.69) is 49.5 Å². The highest BCUT2D eigenvalue weighted by Gasteiger charge is 2.14. The third-order valence-electron chi connectivity index (χ3n) is 3.20. The van der Waals surface area contributed by atoms with Crippen molar-refractivity contribution in [2.45, 2.75) is 46.2 Å². The van der Waals surface area contributed by atoms with Crippen molar-refractivity contribution >= 4 is 11.3 Å². The third kappa shape index (κ3) is 3.91. The van der Waals surface area contributed by atoms with E-state index in [1.54, 1.807) is 0 Å². The van der Waals surface area contributed by atoms with E-state index in [9.17, 15) is 0 Å². The van der Waals surface area contributed by atoms with E-state index in [0.29, 0.717) is 6.04 Å². The van der Waals surface area contributed by atoms with Gasteiger partial charge in [-0.15, -0.1) is 11.3 Å². The Kier molecular flexibility index (Phi) is 5.16. The maximum absolute atomic E-state index is 4.36. The van der Waals surface area contributed by atoms with Gasteiger partial charge < -0.3 is 5.32 Å². The van der Waals surface area contributed by atoms with Crippen LogP contribution in [0.1, 0.15) is 41.6 Å². The maximum atomic E-state index is 4.36. The van der Waals surface area contributed by atoms with Crippen molar-refractivity contribution in [2.75, 3.05) is 6.54 Å². The van der Waals surface area contributed by atoms with Crippen LogP contribution >= 0.6 is 11.3 Å². The van der Waals surface area contributed by atoms with Crippen LogP contribution in [0.3, 0.4) is 0 Å². The summed E-state index contributed by atoms with van der Waals surface area (Å²) in [5.41, 5.74) is 1.31. The molecule has 2 aromatic heterocycles. The Morgan fingerprint density at radius 3 is 2.79 bits per heavy atom. The van der Waals surface area contributed by atoms with Crippen LogP contribution in [0.25, 0.3) is 0 Å². The van der Waals surface area contributed by atoms with E-state index in [0.717, 1.165) is 25.9 Å². The van der Waals surface area contributed by atoms with Gasteiger partial charge in [0.05, 0.1) is 6.20 Å². The average Bonchev–Trinajstić information content (AvgIpc) is 3.03. The minimum atomic E-state index is 0.410. The molecule has 0 aliphatic heterocycles. The summed E-state index contributed by atoms with van der Waals surface area (Å²) >= 11 is 1.89. The Labute approximate surface area is 119 Å². The lowest BCUT2D eigenvalue weighted by Gasteiger charge is -2.16. The monoisotopic (exact) mass is 277 g/mol. The molecule has 2 aromatic rings. The lowest BCUT2D eigenvalue weighted by molar-refractivity contribution is 0.536. The first-order valence-corrected chi connectivity index (χ1v) is 7.85. The number of nitrogens with one attached hydrogen (secondary N) is 1. The second kappa shape index (κ2) is 6.87.